The van der Waals surface area contributed by atoms with Crippen LogP contribution in [0.4, 0.5) is 0 Å². The van der Waals surface area contributed by atoms with Gasteiger partial charge >= 0.3 is 30.0 Å². The molecule has 0 heterocycles. The predicted molar refractivity (Wildman–Crippen MR) is 76.5 cm³/mol. The van der Waals surface area contributed by atoms with Gasteiger partial charge in [0.15, 0.2) is 0 Å². The normalized spacial score (nSPS) is 10.8. The molecule has 0 atom stereocenters. The van der Waals surface area contributed by atoms with Crippen LogP contribution >= 0.6 is 13.6 Å². The van der Waals surface area contributed by atoms with E-state index in [1.807, 2.05) is 0 Å². The van der Waals surface area contributed by atoms with E-state index >= 15 is 0 Å². The first kappa shape index (κ1) is 17.3. The van der Waals surface area contributed by atoms with Gasteiger partial charge in [0.1, 0.15) is 0 Å². The molecule has 0 saturated carbocycles. The first-order valence-electron chi connectivity index (χ1n) is 6.25. The van der Waals surface area contributed by atoms with Gasteiger partial charge in [-0.2, -0.15) is 34.9 Å². The molecule has 0 fully saturated rings. The summed E-state index contributed by atoms with van der Waals surface area (Å²) < 4.78 is 0. The molecule has 0 unspecified atom stereocenters. The molecule has 1 rings (SSSR count). The summed E-state index contributed by atoms with van der Waals surface area (Å²) in [6.45, 7) is 13.5. The minimum atomic E-state index is 0.571. The summed E-state index contributed by atoms with van der Waals surface area (Å²) in [5.74, 6) is 1.75. The summed E-state index contributed by atoms with van der Waals surface area (Å²) in [6, 6.07) is 8.15. The molecule has 0 aromatic heterocycles. The van der Waals surface area contributed by atoms with Crippen LogP contribution in [0, 0.1) is 6.07 Å². The summed E-state index contributed by atoms with van der Waals surface area (Å²) in [5.41, 5.74) is 4.15. The summed E-state index contributed by atoms with van der Waals surface area (Å²) in [5, 5.41) is 0. The van der Waals surface area contributed by atoms with Gasteiger partial charge in [0.25, 0.3) is 0 Å². The van der Waals surface area contributed by atoms with Crippen molar-refractivity contribution < 1.29 is 16.3 Å². The van der Waals surface area contributed by atoms with Crippen molar-refractivity contribution >= 4 is 13.6 Å². The van der Waals surface area contributed by atoms with E-state index in [1.54, 1.807) is 0 Å². The third kappa shape index (κ3) is 5.66. The second-order valence-electron chi connectivity index (χ2n) is 5.29. The fourth-order valence-corrected chi connectivity index (χ4v) is 1.59. The summed E-state index contributed by atoms with van der Waals surface area (Å²) >= 11 is 4.25. The Balaban J connectivity index is 0.00000121. The van der Waals surface area contributed by atoms with E-state index in [-0.39, 0.29) is 0 Å². The van der Waals surface area contributed by atoms with E-state index in [0.717, 1.165) is 0 Å². The van der Waals surface area contributed by atoms with Gasteiger partial charge in [-0.3, -0.25) is 0 Å². The molecule has 0 aliphatic carbocycles. The Bertz CT molecular complexity index is 265. The van der Waals surface area contributed by atoms with Crippen molar-refractivity contribution in [2.45, 2.75) is 59.3 Å². The van der Waals surface area contributed by atoms with Crippen molar-refractivity contribution in [3.8, 4) is 0 Å². The van der Waals surface area contributed by atoms with Crippen molar-refractivity contribution in [3.63, 3.8) is 0 Å². The van der Waals surface area contributed by atoms with Crippen LogP contribution < -0.4 is 0 Å². The van der Waals surface area contributed by atoms with Gasteiger partial charge in [-0.25, -0.2) is 0 Å². The quantitative estimate of drug-likeness (QED) is 0.485. The van der Waals surface area contributed by atoms with E-state index in [0.29, 0.717) is 17.8 Å². The average molecular weight is 349 g/mol. The Morgan fingerprint density at radius 1 is 0.824 bits per heavy atom. The number of halogens is 1. The van der Waals surface area contributed by atoms with Crippen molar-refractivity contribution in [2.24, 2.45) is 0 Å². The van der Waals surface area contributed by atoms with Crippen LogP contribution in [0.2, 0.25) is 0 Å². The van der Waals surface area contributed by atoms with Crippen LogP contribution in [-0.2, 0) is 16.3 Å². The van der Waals surface area contributed by atoms with Gasteiger partial charge in [-0.15, -0.1) is 0 Å². The molecule has 0 N–H and O–H groups in total. The first-order chi connectivity index (χ1) is 7.91. The molecule has 0 nitrogen and oxygen atoms in total. The van der Waals surface area contributed by atoms with Gasteiger partial charge in [0.05, 0.1) is 0 Å². The topological polar surface area (TPSA) is 0 Å². The van der Waals surface area contributed by atoms with Gasteiger partial charge in [0.2, 0.25) is 0 Å². The predicted octanol–water partition coefficient (Wildman–Crippen LogP) is 5.70. The molecule has 0 amide bonds. The molecule has 0 saturated heterocycles. The average Bonchev–Trinajstić information content (AvgIpc) is 2.30. The van der Waals surface area contributed by atoms with Crippen LogP contribution in [0.25, 0.3) is 0 Å². The van der Waals surface area contributed by atoms with Crippen molar-refractivity contribution in [1.82, 2.24) is 0 Å². The van der Waals surface area contributed by atoms with Gasteiger partial charge in [-0.1, -0.05) is 41.5 Å². The molecule has 0 aliphatic heterocycles. The zero-order valence-electron chi connectivity index (χ0n) is 12.0. The first-order valence-corrected chi connectivity index (χ1v) is 13.2. The van der Waals surface area contributed by atoms with Crippen molar-refractivity contribution in [2.75, 3.05) is 0 Å². The van der Waals surface area contributed by atoms with E-state index in [1.165, 1.54) is 33.0 Å². The SMILES string of the molecule is CC(C)c1[c-]c(C(C)C)cc(C(C)C)c1.[Zn+][Br]. The van der Waals surface area contributed by atoms with Crippen LogP contribution in [0.5, 0.6) is 0 Å². The number of rotatable bonds is 3. The molecule has 0 radical (unpaired) electrons. The van der Waals surface area contributed by atoms with Crippen molar-refractivity contribution in [3.05, 3.63) is 34.9 Å². The number of hydrogen-bond donors (Lipinski definition) is 0. The molecular weight excluding hydrogens is 325 g/mol. The second kappa shape index (κ2) is 8.43. The molecule has 17 heavy (non-hydrogen) atoms. The molecule has 2 heteroatoms. The van der Waals surface area contributed by atoms with Crippen LogP contribution in [-0.4, -0.2) is 0 Å². The summed E-state index contributed by atoms with van der Waals surface area (Å²) in [7, 11) is 0. The molecule has 0 spiro atoms. The Hall–Kier alpha value is 0.323. The fourth-order valence-electron chi connectivity index (χ4n) is 1.59. The maximum atomic E-state index is 3.54. The zero-order chi connectivity index (χ0) is 13.6. The fraction of sp³-hybridized carbons (Fsp3) is 0.600. The molecule has 0 bridgehead atoms. The van der Waals surface area contributed by atoms with E-state index in [2.05, 4.69) is 73.4 Å². The Kier molecular flexibility index (Phi) is 8.59. The summed E-state index contributed by atoms with van der Waals surface area (Å²) in [4.78, 5) is 0. The Morgan fingerprint density at radius 2 is 1.18 bits per heavy atom. The molecule has 1 aromatic carbocycles. The van der Waals surface area contributed by atoms with E-state index < -0.39 is 0 Å². The minimum absolute atomic E-state index is 0.571. The third-order valence-electron chi connectivity index (χ3n) is 2.84. The number of hydrogen-bond acceptors (Lipinski definition) is 0. The Morgan fingerprint density at radius 3 is 1.41 bits per heavy atom. The van der Waals surface area contributed by atoms with Gasteiger partial charge in [0, 0.05) is 0 Å². The standard InChI is InChI=1S/C15H23.BrH.Zn/c1-10(2)13-7-14(11(3)4)9-15(8-13)12(5)6;;/h7-8,10-12H,1-6H3;1H;/q-1;;+2/p-1. The zero-order valence-corrected chi connectivity index (χ0v) is 16.5. The van der Waals surface area contributed by atoms with Crippen LogP contribution in [0.15, 0.2) is 12.1 Å². The monoisotopic (exact) mass is 346 g/mol. The molecule has 0 aliphatic rings. The maximum absolute atomic E-state index is 3.54. The second-order valence-corrected chi connectivity index (χ2v) is 5.29. The van der Waals surface area contributed by atoms with Gasteiger partial charge < -0.3 is 0 Å². The molecular formula is C15H23BrZn. The van der Waals surface area contributed by atoms with E-state index in [4.69, 9.17) is 0 Å². The Labute approximate surface area is 124 Å². The van der Waals surface area contributed by atoms with Crippen molar-refractivity contribution in [1.29, 1.82) is 0 Å². The molecule has 92 valence electrons. The summed E-state index contributed by atoms with van der Waals surface area (Å²) in [6.07, 6.45) is 0. The number of benzene rings is 1. The third-order valence-corrected chi connectivity index (χ3v) is 2.84. The molecule has 1 aromatic rings. The van der Waals surface area contributed by atoms with E-state index in [9.17, 15) is 0 Å². The van der Waals surface area contributed by atoms with Crippen LogP contribution in [0.1, 0.15) is 76.0 Å². The van der Waals surface area contributed by atoms with Crippen LogP contribution in [0.3, 0.4) is 0 Å². The van der Waals surface area contributed by atoms with Gasteiger partial charge in [-0.05, 0) is 17.8 Å².